The van der Waals surface area contributed by atoms with Crippen LogP contribution in [0.4, 0.5) is 0 Å². The van der Waals surface area contributed by atoms with Crippen molar-refractivity contribution in [2.45, 2.75) is 19.3 Å². The Morgan fingerprint density at radius 1 is 0.400 bits per heavy atom. The van der Waals surface area contributed by atoms with Gasteiger partial charge in [0.2, 0.25) is 0 Å². The molecule has 5 rings (SSSR count). The first kappa shape index (κ1) is 24.2. The van der Waals surface area contributed by atoms with E-state index in [2.05, 4.69) is 5.32 Å². The van der Waals surface area contributed by atoms with E-state index in [1.165, 1.54) is 32.4 Å². The standard InChI is InChI=1S/C24H20BO4.C5H11N/c1-5-13-21(14-6-1)26-25(27-22-15-7-2-8-16-22,28-23-17-9-3-10-18-23)29-24-19-11-4-12-20-24;1-2-4-6-5-3-1/h1-20H;6H,1-5H2/q-1;/p+1. The molecule has 0 radical (unpaired) electrons. The molecule has 4 aromatic rings. The molecule has 1 fully saturated rings. The summed E-state index contributed by atoms with van der Waals surface area (Å²) in [7, 11) is 0. The zero-order chi connectivity index (χ0) is 24.0. The quantitative estimate of drug-likeness (QED) is 0.348. The molecule has 180 valence electrons. The molecule has 1 heterocycles. The molecule has 35 heavy (non-hydrogen) atoms. The Morgan fingerprint density at radius 2 is 0.686 bits per heavy atom. The second-order valence-electron chi connectivity index (χ2n) is 8.23. The summed E-state index contributed by atoms with van der Waals surface area (Å²) in [5.74, 6) is 2.26. The Balaban J connectivity index is 0.000000421. The predicted octanol–water partition coefficient (Wildman–Crippen LogP) is 5.47. The highest BCUT2D eigenvalue weighted by Gasteiger charge is 2.42. The maximum absolute atomic E-state index is 6.21. The summed E-state index contributed by atoms with van der Waals surface area (Å²) in [5, 5.41) is 2.39. The number of nitrogens with two attached hydrogens (primary N) is 1. The van der Waals surface area contributed by atoms with Crippen molar-refractivity contribution >= 4 is 6.96 Å². The van der Waals surface area contributed by atoms with E-state index in [1.54, 1.807) is 0 Å². The SMILES string of the molecule is C1CC[NH2+]CC1.c1ccc(O[B-](Oc2ccccc2)(Oc2ccccc2)Oc2ccccc2)cc1. The van der Waals surface area contributed by atoms with Gasteiger partial charge in [-0.05, 0) is 67.8 Å². The number of quaternary nitrogens is 1. The minimum absolute atomic E-state index is 0.565. The summed E-state index contributed by atoms with van der Waals surface area (Å²) < 4.78 is 24.8. The van der Waals surface area contributed by atoms with Gasteiger partial charge < -0.3 is 23.9 Å². The van der Waals surface area contributed by atoms with Gasteiger partial charge in [0.05, 0.1) is 36.1 Å². The van der Waals surface area contributed by atoms with E-state index in [-0.39, 0.29) is 0 Å². The zero-order valence-electron chi connectivity index (χ0n) is 19.9. The highest BCUT2D eigenvalue weighted by atomic mass is 16.9. The summed E-state index contributed by atoms with van der Waals surface area (Å²) in [6.07, 6.45) is 4.36. The third-order valence-electron chi connectivity index (χ3n) is 5.41. The van der Waals surface area contributed by atoms with Crippen LogP contribution in [0.3, 0.4) is 0 Å². The summed E-state index contributed by atoms with van der Waals surface area (Å²) in [4.78, 5) is 0. The molecule has 0 aromatic heterocycles. The fraction of sp³-hybridized carbons (Fsp3) is 0.172. The molecule has 0 spiro atoms. The molecule has 4 aromatic carbocycles. The van der Waals surface area contributed by atoms with E-state index in [9.17, 15) is 0 Å². The molecule has 0 aliphatic carbocycles. The Morgan fingerprint density at radius 3 is 0.886 bits per heavy atom. The van der Waals surface area contributed by atoms with Crippen LogP contribution in [0.15, 0.2) is 121 Å². The summed E-state index contributed by atoms with van der Waals surface area (Å²) >= 11 is 0. The minimum Gasteiger partial charge on any atom is -0.611 e. The van der Waals surface area contributed by atoms with E-state index < -0.39 is 6.96 Å². The monoisotopic (exact) mass is 469 g/mol. The predicted molar refractivity (Wildman–Crippen MR) is 140 cm³/mol. The van der Waals surface area contributed by atoms with Gasteiger partial charge in [0.15, 0.2) is 0 Å². The average Bonchev–Trinajstić information content (AvgIpc) is 2.92. The molecule has 2 N–H and O–H groups in total. The number of para-hydroxylation sites is 4. The molecule has 1 aliphatic heterocycles. The Kier molecular flexibility index (Phi) is 9.08. The molecule has 6 heteroatoms. The van der Waals surface area contributed by atoms with Gasteiger partial charge in [0.25, 0.3) is 0 Å². The number of hydrogen-bond donors (Lipinski definition) is 1. The van der Waals surface area contributed by atoms with Crippen molar-refractivity contribution in [2.24, 2.45) is 0 Å². The van der Waals surface area contributed by atoms with Gasteiger partial charge in [-0.25, -0.2) is 0 Å². The molecule has 0 bridgehead atoms. The first-order valence-corrected chi connectivity index (χ1v) is 12.2. The normalized spacial score (nSPS) is 13.0. The molecule has 1 aliphatic rings. The van der Waals surface area contributed by atoms with Crippen LogP contribution in [0.1, 0.15) is 19.3 Å². The lowest BCUT2D eigenvalue weighted by Gasteiger charge is -2.41. The van der Waals surface area contributed by atoms with Crippen molar-refractivity contribution in [2.75, 3.05) is 13.1 Å². The van der Waals surface area contributed by atoms with Crippen LogP contribution in [-0.2, 0) is 0 Å². The van der Waals surface area contributed by atoms with Crippen molar-refractivity contribution in [1.29, 1.82) is 0 Å². The van der Waals surface area contributed by atoms with Crippen molar-refractivity contribution in [3.05, 3.63) is 121 Å². The van der Waals surface area contributed by atoms with Crippen LogP contribution in [0.2, 0.25) is 0 Å². The van der Waals surface area contributed by atoms with Crippen LogP contribution >= 0.6 is 0 Å². The maximum atomic E-state index is 6.21. The average molecular weight is 469 g/mol. The number of rotatable bonds is 8. The fourth-order valence-corrected chi connectivity index (χ4v) is 3.71. The van der Waals surface area contributed by atoms with Gasteiger partial charge in [-0.2, -0.15) is 0 Å². The summed E-state index contributed by atoms with van der Waals surface area (Å²) in [6, 6.07) is 37.3. The van der Waals surface area contributed by atoms with Gasteiger partial charge in [-0.3, -0.25) is 0 Å². The zero-order valence-corrected chi connectivity index (χ0v) is 19.9. The van der Waals surface area contributed by atoms with Crippen molar-refractivity contribution in [3.8, 4) is 23.0 Å². The molecule has 0 amide bonds. The first-order chi connectivity index (χ1) is 17.3. The lowest BCUT2D eigenvalue weighted by Crippen LogP contribution is -2.85. The second kappa shape index (κ2) is 13.1. The van der Waals surface area contributed by atoms with Gasteiger partial charge in [-0.1, -0.05) is 72.8 Å². The van der Waals surface area contributed by atoms with Gasteiger partial charge >= 0.3 is 6.96 Å². The van der Waals surface area contributed by atoms with E-state index in [0.29, 0.717) is 23.0 Å². The van der Waals surface area contributed by atoms with E-state index in [1.807, 2.05) is 121 Å². The minimum atomic E-state index is -2.73. The lowest BCUT2D eigenvalue weighted by molar-refractivity contribution is -0.662. The third-order valence-corrected chi connectivity index (χ3v) is 5.41. The van der Waals surface area contributed by atoms with Crippen LogP contribution in [0.5, 0.6) is 23.0 Å². The molecule has 0 atom stereocenters. The van der Waals surface area contributed by atoms with Gasteiger partial charge in [-0.15, -0.1) is 0 Å². The number of piperidine rings is 1. The van der Waals surface area contributed by atoms with E-state index >= 15 is 0 Å². The maximum Gasteiger partial charge on any atom is 0.777 e. The van der Waals surface area contributed by atoms with Crippen molar-refractivity contribution in [1.82, 2.24) is 0 Å². The highest BCUT2D eigenvalue weighted by molar-refractivity contribution is 6.57. The lowest BCUT2D eigenvalue weighted by atomic mass is 10.0. The molecule has 0 unspecified atom stereocenters. The fourth-order valence-electron chi connectivity index (χ4n) is 3.71. The van der Waals surface area contributed by atoms with Crippen molar-refractivity contribution in [3.63, 3.8) is 0 Å². The third kappa shape index (κ3) is 8.12. The molecular weight excluding hydrogens is 437 g/mol. The Bertz CT molecular complexity index is 912. The second-order valence-corrected chi connectivity index (χ2v) is 8.23. The highest BCUT2D eigenvalue weighted by Crippen LogP contribution is 2.26. The van der Waals surface area contributed by atoms with Crippen molar-refractivity contribution < 1.29 is 23.9 Å². The van der Waals surface area contributed by atoms with Crippen LogP contribution in [-0.4, -0.2) is 20.0 Å². The number of benzene rings is 4. The topological polar surface area (TPSA) is 53.5 Å². The summed E-state index contributed by atoms with van der Waals surface area (Å²) in [6.45, 7) is 0.0226. The van der Waals surface area contributed by atoms with Crippen LogP contribution in [0, 0.1) is 0 Å². The largest absolute Gasteiger partial charge is 0.777 e. The molecule has 1 saturated heterocycles. The summed E-state index contributed by atoms with van der Waals surface area (Å²) in [5.41, 5.74) is 0. The molecular formula is C29H32BNO4. The van der Waals surface area contributed by atoms with Gasteiger partial charge in [0, 0.05) is 0 Å². The Hall–Kier alpha value is -3.90. The Labute approximate surface area is 207 Å². The molecule has 0 saturated carbocycles. The van der Waals surface area contributed by atoms with Crippen LogP contribution < -0.4 is 23.9 Å². The first-order valence-electron chi connectivity index (χ1n) is 12.2. The molecule has 5 nitrogen and oxygen atoms in total. The van der Waals surface area contributed by atoms with Gasteiger partial charge in [0.1, 0.15) is 0 Å². The van der Waals surface area contributed by atoms with Crippen LogP contribution in [0.25, 0.3) is 0 Å². The van der Waals surface area contributed by atoms with E-state index in [4.69, 9.17) is 18.6 Å². The van der Waals surface area contributed by atoms with E-state index in [0.717, 1.165) is 0 Å². The number of hydrogen-bond acceptors (Lipinski definition) is 4. The smallest absolute Gasteiger partial charge is 0.611 e.